The first-order valence-corrected chi connectivity index (χ1v) is 6.10. The van der Waals surface area contributed by atoms with Gasteiger partial charge in [-0.2, -0.15) is 11.8 Å². The Morgan fingerprint density at radius 2 is 2.43 bits per heavy atom. The SMILES string of the molecule is COCCSCc1ccc(C(=O)O)s1. The zero-order chi connectivity index (χ0) is 10.4. The van der Waals surface area contributed by atoms with Crippen molar-refractivity contribution in [2.45, 2.75) is 5.75 Å². The molecule has 0 unspecified atom stereocenters. The first kappa shape index (κ1) is 11.6. The molecule has 0 aliphatic carbocycles. The first-order chi connectivity index (χ1) is 6.74. The van der Waals surface area contributed by atoms with Crippen molar-refractivity contribution in [1.29, 1.82) is 0 Å². The smallest absolute Gasteiger partial charge is 0.345 e. The summed E-state index contributed by atoms with van der Waals surface area (Å²) in [6.45, 7) is 0.738. The zero-order valence-electron chi connectivity index (χ0n) is 7.86. The predicted octanol–water partition coefficient (Wildman–Crippen LogP) is 2.33. The number of thiophene rings is 1. The van der Waals surface area contributed by atoms with Gasteiger partial charge in [0.05, 0.1) is 6.61 Å². The number of methoxy groups -OCH3 is 1. The summed E-state index contributed by atoms with van der Waals surface area (Å²) in [6, 6.07) is 3.52. The fourth-order valence-corrected chi connectivity index (χ4v) is 2.74. The van der Waals surface area contributed by atoms with Crippen LogP contribution in [0.3, 0.4) is 0 Å². The van der Waals surface area contributed by atoms with Crippen LogP contribution in [0.5, 0.6) is 0 Å². The lowest BCUT2D eigenvalue weighted by molar-refractivity contribution is 0.0702. The van der Waals surface area contributed by atoms with Gasteiger partial charge in [0.2, 0.25) is 0 Å². The highest BCUT2D eigenvalue weighted by Gasteiger charge is 2.06. The van der Waals surface area contributed by atoms with Crippen molar-refractivity contribution >= 4 is 29.1 Å². The van der Waals surface area contributed by atoms with Gasteiger partial charge in [-0.3, -0.25) is 0 Å². The topological polar surface area (TPSA) is 46.5 Å². The number of carboxylic acids is 1. The highest BCUT2D eigenvalue weighted by Crippen LogP contribution is 2.21. The molecule has 1 heterocycles. The molecule has 0 radical (unpaired) electrons. The molecule has 0 saturated carbocycles. The molecular weight excluding hydrogens is 220 g/mol. The van der Waals surface area contributed by atoms with E-state index in [-0.39, 0.29) is 0 Å². The van der Waals surface area contributed by atoms with Crippen molar-refractivity contribution in [1.82, 2.24) is 0 Å². The number of aromatic carboxylic acids is 1. The minimum absolute atomic E-state index is 0.410. The number of thioether (sulfide) groups is 1. The molecule has 0 aliphatic rings. The second kappa shape index (κ2) is 6.06. The van der Waals surface area contributed by atoms with Gasteiger partial charge < -0.3 is 9.84 Å². The van der Waals surface area contributed by atoms with Gasteiger partial charge in [0.25, 0.3) is 0 Å². The van der Waals surface area contributed by atoms with Crippen LogP contribution in [0.1, 0.15) is 14.5 Å². The Bertz CT molecular complexity index is 296. The van der Waals surface area contributed by atoms with Crippen molar-refractivity contribution in [2.75, 3.05) is 19.5 Å². The monoisotopic (exact) mass is 232 g/mol. The van der Waals surface area contributed by atoms with Crippen molar-refractivity contribution in [3.63, 3.8) is 0 Å². The lowest BCUT2D eigenvalue weighted by Gasteiger charge is -1.97. The Morgan fingerprint density at radius 1 is 1.64 bits per heavy atom. The third-order valence-corrected chi connectivity index (χ3v) is 3.77. The number of carbonyl (C=O) groups is 1. The van der Waals surface area contributed by atoms with Crippen LogP contribution in [0.4, 0.5) is 0 Å². The molecule has 0 saturated heterocycles. The molecule has 0 amide bonds. The predicted molar refractivity (Wildman–Crippen MR) is 59.3 cm³/mol. The number of hydrogen-bond acceptors (Lipinski definition) is 4. The molecule has 14 heavy (non-hydrogen) atoms. The van der Waals surface area contributed by atoms with E-state index in [0.717, 1.165) is 23.0 Å². The maximum absolute atomic E-state index is 10.6. The molecule has 1 rings (SSSR count). The van der Waals surface area contributed by atoms with Crippen LogP contribution in [-0.4, -0.2) is 30.5 Å². The molecule has 0 aliphatic heterocycles. The molecule has 78 valence electrons. The first-order valence-electron chi connectivity index (χ1n) is 4.12. The second-order valence-corrected chi connectivity index (χ2v) is 4.89. The Balaban J connectivity index is 2.33. The summed E-state index contributed by atoms with van der Waals surface area (Å²) in [6.07, 6.45) is 0. The van der Waals surface area contributed by atoms with Crippen LogP contribution < -0.4 is 0 Å². The fraction of sp³-hybridized carbons (Fsp3) is 0.444. The lowest BCUT2D eigenvalue weighted by Crippen LogP contribution is -1.91. The van der Waals surface area contributed by atoms with Crippen LogP contribution in [-0.2, 0) is 10.5 Å². The molecule has 1 aromatic heterocycles. The van der Waals surface area contributed by atoms with E-state index >= 15 is 0 Å². The van der Waals surface area contributed by atoms with Crippen LogP contribution in [0.2, 0.25) is 0 Å². The Morgan fingerprint density at radius 3 is 3.00 bits per heavy atom. The van der Waals surface area contributed by atoms with Crippen LogP contribution in [0.15, 0.2) is 12.1 Å². The zero-order valence-corrected chi connectivity index (χ0v) is 9.49. The lowest BCUT2D eigenvalue weighted by atomic mass is 10.4. The minimum atomic E-state index is -0.844. The molecule has 0 atom stereocenters. The fourth-order valence-electron chi connectivity index (χ4n) is 0.885. The van der Waals surface area contributed by atoms with Gasteiger partial charge in [-0.05, 0) is 12.1 Å². The number of carboxylic acid groups (broad SMARTS) is 1. The van der Waals surface area contributed by atoms with Crippen molar-refractivity contribution in [3.8, 4) is 0 Å². The summed E-state index contributed by atoms with van der Waals surface area (Å²) < 4.78 is 4.91. The summed E-state index contributed by atoms with van der Waals surface area (Å²) in [5, 5.41) is 8.69. The summed E-state index contributed by atoms with van der Waals surface area (Å²) in [5.41, 5.74) is 0. The quantitative estimate of drug-likeness (QED) is 0.765. The van der Waals surface area contributed by atoms with E-state index in [4.69, 9.17) is 9.84 Å². The number of ether oxygens (including phenoxy) is 1. The summed E-state index contributed by atoms with van der Waals surface area (Å²) in [5.74, 6) is 0.959. The highest BCUT2D eigenvalue weighted by molar-refractivity contribution is 7.98. The molecule has 0 fully saturated rings. The van der Waals surface area contributed by atoms with Crippen molar-refractivity contribution < 1.29 is 14.6 Å². The Labute approximate surface area is 91.1 Å². The van der Waals surface area contributed by atoms with E-state index in [9.17, 15) is 4.79 Å². The van der Waals surface area contributed by atoms with E-state index in [0.29, 0.717) is 4.88 Å². The number of hydrogen-bond donors (Lipinski definition) is 1. The standard InChI is InChI=1S/C9H12O3S2/c1-12-4-5-13-6-7-2-3-8(14-7)9(10)11/h2-3H,4-6H2,1H3,(H,10,11). The van der Waals surface area contributed by atoms with Gasteiger partial charge in [-0.1, -0.05) is 0 Å². The normalized spacial score (nSPS) is 10.4. The summed E-state index contributed by atoms with van der Waals surface area (Å²) >= 11 is 3.09. The average Bonchev–Trinajstić information content (AvgIpc) is 2.61. The third kappa shape index (κ3) is 3.69. The highest BCUT2D eigenvalue weighted by atomic mass is 32.2. The van der Waals surface area contributed by atoms with Crippen LogP contribution in [0.25, 0.3) is 0 Å². The van der Waals surface area contributed by atoms with Gasteiger partial charge in [0.15, 0.2) is 0 Å². The van der Waals surface area contributed by atoms with Crippen molar-refractivity contribution in [2.24, 2.45) is 0 Å². The Hall–Kier alpha value is -0.520. The van der Waals surface area contributed by atoms with Gasteiger partial charge in [-0.15, -0.1) is 11.3 Å². The summed E-state index contributed by atoms with van der Waals surface area (Å²) in [7, 11) is 1.67. The number of rotatable bonds is 6. The van der Waals surface area contributed by atoms with Crippen LogP contribution >= 0.6 is 23.1 Å². The largest absolute Gasteiger partial charge is 0.477 e. The van der Waals surface area contributed by atoms with Gasteiger partial charge in [0.1, 0.15) is 4.88 Å². The van der Waals surface area contributed by atoms with E-state index in [1.165, 1.54) is 11.3 Å². The molecule has 0 aromatic carbocycles. The van der Waals surface area contributed by atoms with E-state index in [2.05, 4.69) is 0 Å². The minimum Gasteiger partial charge on any atom is -0.477 e. The molecule has 0 bridgehead atoms. The maximum atomic E-state index is 10.6. The summed E-state index contributed by atoms with van der Waals surface area (Å²) in [4.78, 5) is 12.1. The van der Waals surface area contributed by atoms with E-state index in [1.807, 2.05) is 6.07 Å². The molecule has 3 nitrogen and oxygen atoms in total. The molecule has 0 spiro atoms. The second-order valence-electron chi connectivity index (χ2n) is 2.62. The molecule has 1 aromatic rings. The van der Waals surface area contributed by atoms with E-state index < -0.39 is 5.97 Å². The third-order valence-electron chi connectivity index (χ3n) is 1.55. The molecular formula is C9H12O3S2. The van der Waals surface area contributed by atoms with E-state index in [1.54, 1.807) is 24.9 Å². The Kier molecular flexibility index (Phi) is 5.00. The molecule has 5 heteroatoms. The average molecular weight is 232 g/mol. The van der Waals surface area contributed by atoms with Crippen LogP contribution in [0, 0.1) is 0 Å². The maximum Gasteiger partial charge on any atom is 0.345 e. The molecule has 1 N–H and O–H groups in total. The van der Waals surface area contributed by atoms with Gasteiger partial charge >= 0.3 is 5.97 Å². The van der Waals surface area contributed by atoms with Gasteiger partial charge in [0, 0.05) is 23.5 Å². The van der Waals surface area contributed by atoms with Gasteiger partial charge in [-0.25, -0.2) is 4.79 Å². The van der Waals surface area contributed by atoms with Crippen molar-refractivity contribution in [3.05, 3.63) is 21.9 Å².